The third-order valence-electron chi connectivity index (χ3n) is 4.58. The van der Waals surface area contributed by atoms with Gasteiger partial charge in [-0.2, -0.15) is 0 Å². The van der Waals surface area contributed by atoms with E-state index in [1.807, 2.05) is 12.2 Å². The second kappa shape index (κ2) is 12.9. The summed E-state index contributed by atoms with van der Waals surface area (Å²) in [5.41, 5.74) is -1.08. The third kappa shape index (κ3) is 9.05. The van der Waals surface area contributed by atoms with Crippen molar-refractivity contribution in [2.24, 2.45) is 0 Å². The smallest absolute Gasteiger partial charge is 0.305 e. The number of carbonyl (C=O) groups excluding carboxylic acids is 3. The first kappa shape index (κ1) is 24.6. The second-order valence-corrected chi connectivity index (χ2v) is 7.02. The van der Waals surface area contributed by atoms with Gasteiger partial charge in [0.2, 0.25) is 0 Å². The molecule has 2 atom stereocenters. The van der Waals surface area contributed by atoms with Gasteiger partial charge in [0.05, 0.1) is 7.11 Å². The van der Waals surface area contributed by atoms with E-state index < -0.39 is 23.6 Å². The van der Waals surface area contributed by atoms with Gasteiger partial charge in [0, 0.05) is 25.3 Å². The lowest BCUT2D eigenvalue weighted by Crippen LogP contribution is -2.27. The standard InChI is InChI=1S/C23H32O6/c1-4-5-6-7-8-9-16-23(27)17-15-21(25)20(23)12-10-11-19(29-18(2)24)13-14-22(26)28-3/h8-12,15,17,19,27H,4-7,13-14,16H2,1-3H3/b9-8-,11-10+,20-12-/t19-,23+/m0/s1. The van der Waals surface area contributed by atoms with Crippen LogP contribution in [0.4, 0.5) is 0 Å². The maximum Gasteiger partial charge on any atom is 0.305 e. The highest BCUT2D eigenvalue weighted by atomic mass is 16.5. The summed E-state index contributed by atoms with van der Waals surface area (Å²) in [5.74, 6) is -1.13. The summed E-state index contributed by atoms with van der Waals surface area (Å²) in [6, 6.07) is 0. The molecule has 1 rings (SSSR count). The molecule has 1 aliphatic rings. The van der Waals surface area contributed by atoms with Crippen molar-refractivity contribution in [1.82, 2.24) is 0 Å². The van der Waals surface area contributed by atoms with Crippen LogP contribution < -0.4 is 0 Å². The molecule has 6 nitrogen and oxygen atoms in total. The van der Waals surface area contributed by atoms with Gasteiger partial charge in [-0.1, -0.05) is 44.1 Å². The molecule has 29 heavy (non-hydrogen) atoms. The van der Waals surface area contributed by atoms with Crippen LogP contribution in [0.3, 0.4) is 0 Å². The highest BCUT2D eigenvalue weighted by Gasteiger charge is 2.35. The molecular formula is C23H32O6. The minimum absolute atomic E-state index is 0.0998. The highest BCUT2D eigenvalue weighted by Crippen LogP contribution is 2.30. The maximum absolute atomic E-state index is 12.2. The van der Waals surface area contributed by atoms with E-state index in [0.717, 1.165) is 19.3 Å². The first-order valence-corrected chi connectivity index (χ1v) is 10.1. The Morgan fingerprint density at radius 1 is 1.28 bits per heavy atom. The molecule has 0 aromatic heterocycles. The Hall–Kier alpha value is -2.47. The fraction of sp³-hybridized carbons (Fsp3) is 0.522. The predicted molar refractivity (Wildman–Crippen MR) is 111 cm³/mol. The Balaban J connectivity index is 2.78. The summed E-state index contributed by atoms with van der Waals surface area (Å²) in [6.45, 7) is 3.43. The fourth-order valence-electron chi connectivity index (χ4n) is 2.95. The molecule has 0 amide bonds. The van der Waals surface area contributed by atoms with Crippen molar-refractivity contribution in [2.75, 3.05) is 7.11 Å². The molecule has 0 saturated carbocycles. The predicted octanol–water partition coefficient (Wildman–Crippen LogP) is 3.75. The van der Waals surface area contributed by atoms with Crippen LogP contribution in [0.15, 0.2) is 48.1 Å². The van der Waals surface area contributed by atoms with E-state index in [9.17, 15) is 19.5 Å². The van der Waals surface area contributed by atoms with E-state index in [1.165, 1.54) is 38.7 Å². The molecule has 1 N–H and O–H groups in total. The Labute approximate surface area is 173 Å². The van der Waals surface area contributed by atoms with Crippen LogP contribution in [-0.4, -0.2) is 41.6 Å². The average Bonchev–Trinajstić information content (AvgIpc) is 2.96. The fourth-order valence-corrected chi connectivity index (χ4v) is 2.95. The van der Waals surface area contributed by atoms with Crippen LogP contribution in [-0.2, 0) is 23.9 Å². The van der Waals surface area contributed by atoms with Crippen molar-refractivity contribution in [3.8, 4) is 0 Å². The number of ketones is 1. The first-order chi connectivity index (χ1) is 13.8. The number of unbranched alkanes of at least 4 members (excludes halogenated alkanes) is 3. The van der Waals surface area contributed by atoms with Gasteiger partial charge >= 0.3 is 11.9 Å². The molecule has 0 fully saturated rings. The summed E-state index contributed by atoms with van der Waals surface area (Å²) < 4.78 is 9.76. The van der Waals surface area contributed by atoms with Crippen molar-refractivity contribution >= 4 is 17.7 Å². The Bertz CT molecular complexity index is 685. The van der Waals surface area contributed by atoms with Gasteiger partial charge in [-0.3, -0.25) is 14.4 Å². The normalized spacial score (nSPS) is 21.4. The topological polar surface area (TPSA) is 89.9 Å². The van der Waals surface area contributed by atoms with E-state index in [1.54, 1.807) is 12.2 Å². The lowest BCUT2D eigenvalue weighted by molar-refractivity contribution is -0.147. The molecule has 160 valence electrons. The Morgan fingerprint density at radius 3 is 2.69 bits per heavy atom. The van der Waals surface area contributed by atoms with Crippen LogP contribution in [0.1, 0.15) is 58.8 Å². The molecule has 0 aromatic carbocycles. The van der Waals surface area contributed by atoms with Gasteiger partial charge in [0.15, 0.2) is 5.78 Å². The van der Waals surface area contributed by atoms with E-state index in [0.29, 0.717) is 6.42 Å². The van der Waals surface area contributed by atoms with E-state index in [-0.39, 0.29) is 24.2 Å². The number of esters is 2. The minimum atomic E-state index is -1.34. The van der Waals surface area contributed by atoms with Gasteiger partial charge in [-0.05, 0) is 37.5 Å². The van der Waals surface area contributed by atoms with Crippen molar-refractivity contribution in [3.63, 3.8) is 0 Å². The van der Waals surface area contributed by atoms with Crippen LogP contribution in [0, 0.1) is 0 Å². The quantitative estimate of drug-likeness (QED) is 0.231. The molecular weight excluding hydrogens is 372 g/mol. The number of hydrogen-bond acceptors (Lipinski definition) is 6. The summed E-state index contributed by atoms with van der Waals surface area (Å²) in [7, 11) is 1.29. The van der Waals surface area contributed by atoms with Crippen molar-refractivity contribution in [2.45, 2.75) is 70.5 Å². The number of ether oxygens (including phenoxy) is 2. The lowest BCUT2D eigenvalue weighted by Gasteiger charge is -2.20. The summed E-state index contributed by atoms with van der Waals surface area (Å²) in [4.78, 5) is 34.7. The van der Waals surface area contributed by atoms with Gasteiger partial charge in [0.1, 0.15) is 11.7 Å². The maximum atomic E-state index is 12.2. The molecule has 0 aromatic rings. The monoisotopic (exact) mass is 404 g/mol. The number of carbonyl (C=O) groups is 3. The number of methoxy groups -OCH3 is 1. The van der Waals surface area contributed by atoms with E-state index in [4.69, 9.17) is 4.74 Å². The zero-order chi connectivity index (χ0) is 21.7. The van der Waals surface area contributed by atoms with Crippen LogP contribution in [0.5, 0.6) is 0 Å². The number of aliphatic hydroxyl groups is 1. The van der Waals surface area contributed by atoms with E-state index in [2.05, 4.69) is 11.7 Å². The molecule has 0 radical (unpaired) electrons. The van der Waals surface area contributed by atoms with Gasteiger partial charge < -0.3 is 14.6 Å². The van der Waals surface area contributed by atoms with Crippen LogP contribution in [0.2, 0.25) is 0 Å². The van der Waals surface area contributed by atoms with Gasteiger partial charge in [0.25, 0.3) is 0 Å². The van der Waals surface area contributed by atoms with Crippen LogP contribution >= 0.6 is 0 Å². The highest BCUT2D eigenvalue weighted by molar-refractivity contribution is 6.09. The van der Waals surface area contributed by atoms with E-state index >= 15 is 0 Å². The minimum Gasteiger partial charge on any atom is -0.469 e. The molecule has 0 aliphatic heterocycles. The largest absolute Gasteiger partial charge is 0.469 e. The summed E-state index contributed by atoms with van der Waals surface area (Å²) in [5, 5.41) is 10.8. The first-order valence-electron chi connectivity index (χ1n) is 10.1. The van der Waals surface area contributed by atoms with Crippen molar-refractivity contribution in [3.05, 3.63) is 48.1 Å². The summed E-state index contributed by atoms with van der Waals surface area (Å²) >= 11 is 0. The SMILES string of the molecule is CCCCC/C=C\C[C@@]1(O)C=CC(=O)/C1=C/C=C/[C@@H](CCC(=O)OC)OC(C)=O. The molecule has 0 unspecified atom stereocenters. The van der Waals surface area contributed by atoms with Crippen LogP contribution in [0.25, 0.3) is 0 Å². The summed E-state index contributed by atoms with van der Waals surface area (Å²) in [6.07, 6.45) is 15.9. The molecule has 0 spiro atoms. The average molecular weight is 405 g/mol. The molecule has 0 saturated heterocycles. The molecule has 0 heterocycles. The zero-order valence-electron chi connectivity index (χ0n) is 17.6. The number of allylic oxidation sites excluding steroid dienone is 4. The molecule has 6 heteroatoms. The number of rotatable bonds is 12. The number of hydrogen-bond donors (Lipinski definition) is 1. The van der Waals surface area contributed by atoms with Crippen molar-refractivity contribution in [1.29, 1.82) is 0 Å². The zero-order valence-corrected chi connectivity index (χ0v) is 17.6. The molecule has 1 aliphatic carbocycles. The van der Waals surface area contributed by atoms with Gasteiger partial charge in [-0.15, -0.1) is 0 Å². The third-order valence-corrected chi connectivity index (χ3v) is 4.58. The van der Waals surface area contributed by atoms with Gasteiger partial charge in [-0.25, -0.2) is 0 Å². The second-order valence-electron chi connectivity index (χ2n) is 7.02. The Kier molecular flexibility index (Phi) is 10.9. The van der Waals surface area contributed by atoms with Crippen molar-refractivity contribution < 1.29 is 29.0 Å². The molecule has 0 bridgehead atoms. The lowest BCUT2D eigenvalue weighted by atomic mass is 9.92. The Morgan fingerprint density at radius 2 is 2.03 bits per heavy atom.